The lowest BCUT2D eigenvalue weighted by molar-refractivity contribution is -0.112. The number of Topliss-reactive ketones (excluding diaryl/α,β-unsaturated/α-hetero) is 1. The summed E-state index contributed by atoms with van der Waals surface area (Å²) in [5, 5.41) is 0. The second-order valence-corrected chi connectivity index (χ2v) is 2.37. The molecule has 0 bridgehead atoms. The molecule has 0 aromatic carbocycles. The summed E-state index contributed by atoms with van der Waals surface area (Å²) in [5.74, 6) is 0.0243. The Balaban J connectivity index is 2.54. The molecule has 54 valence electrons. The molecular weight excluding hydrogens is 140 g/mol. The first-order valence-corrected chi connectivity index (χ1v) is 3.37. The quantitative estimate of drug-likeness (QED) is 0.546. The van der Waals surface area contributed by atoms with Crippen molar-refractivity contribution in [1.29, 1.82) is 0 Å². The predicted molar refractivity (Wildman–Crippen MR) is 41.1 cm³/mol. The number of nitrogens with zero attached hydrogens (tertiary/aromatic N) is 2. The first-order chi connectivity index (χ1) is 5.36. The van der Waals surface area contributed by atoms with Crippen molar-refractivity contribution in [3.8, 4) is 0 Å². The summed E-state index contributed by atoms with van der Waals surface area (Å²) in [7, 11) is 0. The van der Waals surface area contributed by atoms with Crippen molar-refractivity contribution in [3.63, 3.8) is 0 Å². The zero-order valence-electron chi connectivity index (χ0n) is 5.82. The van der Waals surface area contributed by atoms with Gasteiger partial charge in [0.1, 0.15) is 0 Å². The Morgan fingerprint density at radius 1 is 1.45 bits per heavy atom. The Kier molecular flexibility index (Phi) is 1.28. The van der Waals surface area contributed by atoms with Gasteiger partial charge in [0.05, 0.1) is 24.0 Å². The van der Waals surface area contributed by atoms with Crippen LogP contribution in [0.1, 0.15) is 5.69 Å². The lowest BCUT2D eigenvalue weighted by atomic mass is 10.1. The van der Waals surface area contributed by atoms with Gasteiger partial charge in [-0.3, -0.25) is 14.8 Å². The van der Waals surface area contributed by atoms with E-state index in [0.29, 0.717) is 6.42 Å². The molecular formula is C8H6N2O. The van der Waals surface area contributed by atoms with E-state index >= 15 is 0 Å². The molecule has 11 heavy (non-hydrogen) atoms. The molecule has 2 rings (SSSR count). The maximum atomic E-state index is 10.8. The zero-order chi connectivity index (χ0) is 7.68. The highest BCUT2D eigenvalue weighted by molar-refractivity contribution is 6.29. The molecule has 0 atom stereocenters. The monoisotopic (exact) mass is 146 g/mol. The van der Waals surface area contributed by atoms with Gasteiger partial charge in [0, 0.05) is 6.20 Å². The molecule has 1 aliphatic heterocycles. The van der Waals surface area contributed by atoms with Gasteiger partial charge < -0.3 is 0 Å². The average Bonchev–Trinajstić information content (AvgIpc) is 2.04. The van der Waals surface area contributed by atoms with Crippen LogP contribution in [0.4, 0.5) is 5.69 Å². The second-order valence-electron chi connectivity index (χ2n) is 2.37. The largest absolute Gasteiger partial charge is 0.293 e. The average molecular weight is 146 g/mol. The van der Waals surface area contributed by atoms with E-state index < -0.39 is 0 Å². The number of fused-ring (bicyclic) bond motifs is 1. The van der Waals surface area contributed by atoms with Crippen LogP contribution in [-0.2, 0) is 11.2 Å². The number of ketones is 1. The van der Waals surface area contributed by atoms with Crippen molar-refractivity contribution in [2.24, 2.45) is 4.99 Å². The SMILES string of the molecule is O=C1C=Nc2cccnc2C1. The molecule has 2 heterocycles. The molecule has 0 saturated carbocycles. The first kappa shape index (κ1) is 6.22. The van der Waals surface area contributed by atoms with Crippen molar-refractivity contribution in [1.82, 2.24) is 4.98 Å². The van der Waals surface area contributed by atoms with Gasteiger partial charge in [0.15, 0.2) is 5.78 Å². The maximum Gasteiger partial charge on any atom is 0.179 e. The highest BCUT2D eigenvalue weighted by Gasteiger charge is 2.10. The molecule has 1 aliphatic rings. The van der Waals surface area contributed by atoms with Gasteiger partial charge in [-0.15, -0.1) is 0 Å². The minimum absolute atomic E-state index is 0.0243. The Morgan fingerprint density at radius 3 is 3.27 bits per heavy atom. The molecule has 0 N–H and O–H groups in total. The summed E-state index contributed by atoms with van der Waals surface area (Å²) >= 11 is 0. The van der Waals surface area contributed by atoms with Gasteiger partial charge in [-0.25, -0.2) is 0 Å². The molecule has 0 amide bonds. The summed E-state index contributed by atoms with van der Waals surface area (Å²) in [6.07, 6.45) is 3.41. The highest BCUT2D eigenvalue weighted by Crippen LogP contribution is 2.18. The minimum Gasteiger partial charge on any atom is -0.293 e. The fourth-order valence-electron chi connectivity index (χ4n) is 1.04. The summed E-state index contributed by atoms with van der Waals surface area (Å²) in [5.41, 5.74) is 1.59. The number of aliphatic imine (C=N–C) groups is 1. The molecule has 1 aromatic rings. The Labute approximate surface area is 63.8 Å². The molecule has 0 fully saturated rings. The minimum atomic E-state index is 0.0243. The van der Waals surface area contributed by atoms with E-state index in [0.717, 1.165) is 11.4 Å². The Hall–Kier alpha value is -1.51. The third-order valence-corrected chi connectivity index (χ3v) is 1.56. The van der Waals surface area contributed by atoms with Crippen molar-refractivity contribution >= 4 is 17.7 Å². The number of pyridine rings is 1. The van der Waals surface area contributed by atoms with E-state index in [2.05, 4.69) is 9.98 Å². The van der Waals surface area contributed by atoms with Crippen molar-refractivity contribution in [2.75, 3.05) is 0 Å². The van der Waals surface area contributed by atoms with E-state index in [1.54, 1.807) is 6.20 Å². The molecule has 3 heteroatoms. The fourth-order valence-corrected chi connectivity index (χ4v) is 1.04. The lowest BCUT2D eigenvalue weighted by Crippen LogP contribution is -2.09. The maximum absolute atomic E-state index is 10.8. The van der Waals surface area contributed by atoms with Crippen LogP contribution in [0.5, 0.6) is 0 Å². The van der Waals surface area contributed by atoms with Crippen molar-refractivity contribution < 1.29 is 4.79 Å². The van der Waals surface area contributed by atoms with Crippen LogP contribution in [0.3, 0.4) is 0 Å². The summed E-state index contributed by atoms with van der Waals surface area (Å²) < 4.78 is 0. The van der Waals surface area contributed by atoms with Crippen molar-refractivity contribution in [3.05, 3.63) is 24.0 Å². The molecule has 1 aromatic heterocycles. The van der Waals surface area contributed by atoms with Crippen LogP contribution >= 0.6 is 0 Å². The van der Waals surface area contributed by atoms with Crippen molar-refractivity contribution in [2.45, 2.75) is 6.42 Å². The highest BCUT2D eigenvalue weighted by atomic mass is 16.1. The van der Waals surface area contributed by atoms with E-state index in [9.17, 15) is 4.79 Å². The van der Waals surface area contributed by atoms with Crippen LogP contribution in [-0.4, -0.2) is 17.0 Å². The van der Waals surface area contributed by atoms with Crippen LogP contribution in [0.2, 0.25) is 0 Å². The van der Waals surface area contributed by atoms with Gasteiger partial charge in [0.2, 0.25) is 0 Å². The van der Waals surface area contributed by atoms with Gasteiger partial charge in [0.25, 0.3) is 0 Å². The molecule has 0 aliphatic carbocycles. The van der Waals surface area contributed by atoms with E-state index in [4.69, 9.17) is 0 Å². The van der Waals surface area contributed by atoms with Crippen LogP contribution in [0, 0.1) is 0 Å². The summed E-state index contributed by atoms with van der Waals surface area (Å²) in [6.45, 7) is 0. The molecule has 0 spiro atoms. The number of aromatic nitrogens is 1. The predicted octanol–water partition coefficient (Wildman–Crippen LogP) is 0.909. The topological polar surface area (TPSA) is 42.3 Å². The molecule has 0 radical (unpaired) electrons. The number of hydrogen-bond donors (Lipinski definition) is 0. The number of carbonyl (C=O) groups excluding carboxylic acids is 1. The van der Waals surface area contributed by atoms with E-state index in [1.165, 1.54) is 6.21 Å². The first-order valence-electron chi connectivity index (χ1n) is 3.37. The third kappa shape index (κ3) is 1.05. The molecule has 3 nitrogen and oxygen atoms in total. The lowest BCUT2D eigenvalue weighted by Gasteiger charge is -2.05. The Bertz CT molecular complexity index is 331. The number of rotatable bonds is 0. The van der Waals surface area contributed by atoms with Gasteiger partial charge >= 0.3 is 0 Å². The zero-order valence-corrected chi connectivity index (χ0v) is 5.82. The van der Waals surface area contributed by atoms with Gasteiger partial charge in [-0.2, -0.15) is 0 Å². The van der Waals surface area contributed by atoms with Gasteiger partial charge in [-0.1, -0.05) is 0 Å². The number of hydrogen-bond acceptors (Lipinski definition) is 3. The Morgan fingerprint density at radius 2 is 2.36 bits per heavy atom. The molecule has 0 saturated heterocycles. The standard InChI is InChI=1S/C8H6N2O/c11-6-4-8-7(10-5-6)2-1-3-9-8/h1-3,5H,4H2. The van der Waals surface area contributed by atoms with E-state index in [-0.39, 0.29) is 5.78 Å². The van der Waals surface area contributed by atoms with Crippen LogP contribution in [0.15, 0.2) is 23.3 Å². The smallest absolute Gasteiger partial charge is 0.179 e. The summed E-state index contributed by atoms with van der Waals surface area (Å²) in [6, 6.07) is 3.66. The van der Waals surface area contributed by atoms with Gasteiger partial charge in [-0.05, 0) is 12.1 Å². The molecule has 0 unspecified atom stereocenters. The van der Waals surface area contributed by atoms with E-state index in [1.807, 2.05) is 12.1 Å². The summed E-state index contributed by atoms with van der Waals surface area (Å²) in [4.78, 5) is 18.8. The second kappa shape index (κ2) is 2.27. The van der Waals surface area contributed by atoms with Crippen LogP contribution in [0.25, 0.3) is 0 Å². The third-order valence-electron chi connectivity index (χ3n) is 1.56. The fraction of sp³-hybridized carbons (Fsp3) is 0.125. The number of carbonyl (C=O) groups is 1. The van der Waals surface area contributed by atoms with Crippen LogP contribution < -0.4 is 0 Å². The normalized spacial score (nSPS) is 14.7.